The second-order valence-electron chi connectivity index (χ2n) is 8.02. The van der Waals surface area contributed by atoms with E-state index in [9.17, 15) is 19.6 Å². The standard InChI is InChI=1S/C19H34N2O6/c1-5-6-7-8-16(23)21(13-20(25)14-22)17(19(2,3)4)18(24)27-15-9-11-26-12-10-15/h14-15,17,25H,5-13H2,1-4H3/t17-/m1/s1. The van der Waals surface area contributed by atoms with E-state index in [0.717, 1.165) is 12.8 Å². The van der Waals surface area contributed by atoms with Crippen LogP contribution < -0.4 is 0 Å². The number of ether oxygens (including phenoxy) is 2. The Morgan fingerprint density at radius 3 is 2.41 bits per heavy atom. The fourth-order valence-corrected chi connectivity index (χ4v) is 3.13. The van der Waals surface area contributed by atoms with Crippen LogP contribution in [-0.4, -0.2) is 65.5 Å². The van der Waals surface area contributed by atoms with Crippen LogP contribution in [0.25, 0.3) is 0 Å². The molecule has 0 aromatic heterocycles. The van der Waals surface area contributed by atoms with Crippen LogP contribution in [0.4, 0.5) is 0 Å². The van der Waals surface area contributed by atoms with Crippen molar-refractivity contribution in [1.29, 1.82) is 0 Å². The lowest BCUT2D eigenvalue weighted by molar-refractivity contribution is -0.182. The average Bonchev–Trinajstić information content (AvgIpc) is 2.60. The smallest absolute Gasteiger partial charge is 0.329 e. The number of hydrogen-bond acceptors (Lipinski definition) is 6. The van der Waals surface area contributed by atoms with Crippen molar-refractivity contribution in [2.24, 2.45) is 5.41 Å². The Morgan fingerprint density at radius 1 is 1.26 bits per heavy atom. The number of amides is 2. The van der Waals surface area contributed by atoms with Crippen molar-refractivity contribution in [3.8, 4) is 0 Å². The summed E-state index contributed by atoms with van der Waals surface area (Å²) >= 11 is 0. The molecule has 0 bridgehead atoms. The van der Waals surface area contributed by atoms with Crippen LogP contribution in [0, 0.1) is 5.41 Å². The van der Waals surface area contributed by atoms with E-state index in [2.05, 4.69) is 0 Å². The van der Waals surface area contributed by atoms with Crippen molar-refractivity contribution < 1.29 is 29.1 Å². The molecular weight excluding hydrogens is 352 g/mol. The molecule has 0 aromatic rings. The van der Waals surface area contributed by atoms with Gasteiger partial charge in [-0.1, -0.05) is 40.5 Å². The Bertz CT molecular complexity index is 485. The molecule has 1 aliphatic heterocycles. The minimum absolute atomic E-state index is 0.218. The van der Waals surface area contributed by atoms with Gasteiger partial charge in [-0.2, -0.15) is 0 Å². The summed E-state index contributed by atoms with van der Waals surface area (Å²) in [5.74, 6) is -0.800. The van der Waals surface area contributed by atoms with E-state index in [1.54, 1.807) is 0 Å². The summed E-state index contributed by atoms with van der Waals surface area (Å²) in [7, 11) is 0. The molecule has 1 saturated heterocycles. The summed E-state index contributed by atoms with van der Waals surface area (Å²) in [6, 6.07) is -0.913. The molecule has 0 unspecified atom stereocenters. The van der Waals surface area contributed by atoms with Crippen LogP contribution in [-0.2, 0) is 23.9 Å². The van der Waals surface area contributed by atoms with E-state index in [0.29, 0.717) is 37.5 Å². The number of esters is 1. The Morgan fingerprint density at radius 2 is 1.89 bits per heavy atom. The summed E-state index contributed by atoms with van der Waals surface area (Å²) in [5.41, 5.74) is -0.633. The van der Waals surface area contributed by atoms with Crippen LogP contribution in [0.2, 0.25) is 0 Å². The highest BCUT2D eigenvalue weighted by atomic mass is 16.6. The molecule has 8 nitrogen and oxygen atoms in total. The van der Waals surface area contributed by atoms with Gasteiger partial charge in [0.15, 0.2) is 0 Å². The molecule has 1 atom stereocenters. The molecule has 0 saturated carbocycles. The zero-order chi connectivity index (χ0) is 20.4. The van der Waals surface area contributed by atoms with E-state index >= 15 is 0 Å². The Labute approximate surface area is 161 Å². The van der Waals surface area contributed by atoms with Crippen molar-refractivity contribution in [2.45, 2.75) is 78.4 Å². The van der Waals surface area contributed by atoms with E-state index in [1.165, 1.54) is 4.90 Å². The van der Waals surface area contributed by atoms with Gasteiger partial charge in [0.2, 0.25) is 12.3 Å². The maximum absolute atomic E-state index is 13.0. The van der Waals surface area contributed by atoms with Gasteiger partial charge in [0, 0.05) is 19.3 Å². The second kappa shape index (κ2) is 11.2. The quantitative estimate of drug-likeness (QED) is 0.155. The van der Waals surface area contributed by atoms with Gasteiger partial charge in [-0.05, 0) is 11.8 Å². The van der Waals surface area contributed by atoms with Crippen molar-refractivity contribution in [3.05, 3.63) is 0 Å². The molecule has 1 rings (SSSR count). The van der Waals surface area contributed by atoms with Gasteiger partial charge in [0.25, 0.3) is 0 Å². The highest BCUT2D eigenvalue weighted by Gasteiger charge is 2.41. The molecule has 1 fully saturated rings. The highest BCUT2D eigenvalue weighted by Crippen LogP contribution is 2.28. The molecule has 1 heterocycles. The van der Waals surface area contributed by atoms with E-state index in [-0.39, 0.29) is 31.5 Å². The SMILES string of the molecule is CCCCCC(=O)N(CN(O)C=O)[C@H](C(=O)OC1CCOCC1)C(C)(C)C. The normalized spacial score (nSPS) is 16.5. The molecule has 0 aromatic carbocycles. The van der Waals surface area contributed by atoms with Gasteiger partial charge in [0.1, 0.15) is 18.8 Å². The maximum atomic E-state index is 13.0. The number of hydrogen-bond donors (Lipinski definition) is 1. The van der Waals surface area contributed by atoms with Gasteiger partial charge in [-0.3, -0.25) is 14.8 Å². The van der Waals surface area contributed by atoms with E-state index < -0.39 is 17.4 Å². The van der Waals surface area contributed by atoms with E-state index in [1.807, 2.05) is 27.7 Å². The fraction of sp³-hybridized carbons (Fsp3) is 0.842. The first kappa shape index (κ1) is 23.4. The summed E-state index contributed by atoms with van der Waals surface area (Å²) in [4.78, 5) is 37.9. The van der Waals surface area contributed by atoms with Gasteiger partial charge in [0.05, 0.1) is 13.2 Å². The topological polar surface area (TPSA) is 96.4 Å². The Balaban J connectivity index is 2.99. The first-order valence-corrected chi connectivity index (χ1v) is 9.69. The highest BCUT2D eigenvalue weighted by molar-refractivity contribution is 5.85. The minimum Gasteiger partial charge on any atom is -0.461 e. The number of carbonyl (C=O) groups is 3. The summed E-state index contributed by atoms with van der Waals surface area (Å²) in [6.07, 6.45) is 3.99. The molecule has 0 aliphatic carbocycles. The van der Waals surface area contributed by atoms with Crippen LogP contribution in [0.1, 0.15) is 66.2 Å². The first-order chi connectivity index (χ1) is 12.7. The van der Waals surface area contributed by atoms with Crippen LogP contribution in [0.5, 0.6) is 0 Å². The molecule has 27 heavy (non-hydrogen) atoms. The maximum Gasteiger partial charge on any atom is 0.329 e. The predicted molar refractivity (Wildman–Crippen MR) is 98.7 cm³/mol. The Hall–Kier alpha value is -1.67. The molecular formula is C19H34N2O6. The van der Waals surface area contributed by atoms with Gasteiger partial charge >= 0.3 is 5.97 Å². The molecule has 0 spiro atoms. The van der Waals surface area contributed by atoms with Crippen molar-refractivity contribution in [3.63, 3.8) is 0 Å². The summed E-state index contributed by atoms with van der Waals surface area (Å²) < 4.78 is 10.9. The molecule has 1 N–H and O–H groups in total. The molecule has 1 aliphatic rings. The largest absolute Gasteiger partial charge is 0.461 e. The average molecular weight is 386 g/mol. The monoisotopic (exact) mass is 386 g/mol. The van der Waals surface area contributed by atoms with Crippen molar-refractivity contribution in [2.75, 3.05) is 19.9 Å². The lowest BCUT2D eigenvalue weighted by Gasteiger charge is -2.40. The number of hydroxylamine groups is 2. The van der Waals surface area contributed by atoms with Gasteiger partial charge in [-0.15, -0.1) is 0 Å². The van der Waals surface area contributed by atoms with Crippen LogP contribution in [0.3, 0.4) is 0 Å². The van der Waals surface area contributed by atoms with Crippen LogP contribution >= 0.6 is 0 Å². The minimum atomic E-state index is -0.913. The zero-order valence-electron chi connectivity index (χ0n) is 17.0. The number of rotatable bonds is 10. The summed E-state index contributed by atoms with van der Waals surface area (Å²) in [6.45, 7) is 8.22. The lowest BCUT2D eigenvalue weighted by atomic mass is 9.85. The van der Waals surface area contributed by atoms with Crippen LogP contribution in [0.15, 0.2) is 0 Å². The van der Waals surface area contributed by atoms with Crippen molar-refractivity contribution >= 4 is 18.3 Å². The van der Waals surface area contributed by atoms with Gasteiger partial charge < -0.3 is 14.4 Å². The number of unbranched alkanes of at least 4 members (excludes halogenated alkanes) is 2. The third kappa shape index (κ3) is 7.84. The molecule has 8 heteroatoms. The Kier molecular flexibility index (Phi) is 9.73. The predicted octanol–water partition coefficient (Wildman–Crippen LogP) is 2.34. The molecule has 2 amide bonds. The van der Waals surface area contributed by atoms with Crippen molar-refractivity contribution in [1.82, 2.24) is 9.96 Å². The molecule has 156 valence electrons. The van der Waals surface area contributed by atoms with E-state index in [4.69, 9.17) is 9.47 Å². The number of carbonyl (C=O) groups excluding carboxylic acids is 3. The fourth-order valence-electron chi connectivity index (χ4n) is 3.13. The lowest BCUT2D eigenvalue weighted by Crippen LogP contribution is -2.56. The molecule has 0 radical (unpaired) electrons. The summed E-state index contributed by atoms with van der Waals surface area (Å²) in [5, 5.41) is 10.0. The zero-order valence-corrected chi connectivity index (χ0v) is 17.0. The third-order valence-electron chi connectivity index (χ3n) is 4.54. The second-order valence-corrected chi connectivity index (χ2v) is 8.02. The van der Waals surface area contributed by atoms with Gasteiger partial charge in [-0.25, -0.2) is 9.86 Å². The third-order valence-corrected chi connectivity index (χ3v) is 4.54. The first-order valence-electron chi connectivity index (χ1n) is 9.69. The number of nitrogens with zero attached hydrogens (tertiary/aromatic N) is 2.